The molecule has 0 saturated heterocycles. The van der Waals surface area contributed by atoms with Crippen molar-refractivity contribution in [2.45, 2.75) is 32.9 Å². The molecule has 116 valence electrons. The molecule has 0 unspecified atom stereocenters. The van der Waals surface area contributed by atoms with Gasteiger partial charge in [-0.3, -0.25) is 14.3 Å². The van der Waals surface area contributed by atoms with Crippen molar-refractivity contribution in [2.75, 3.05) is 6.54 Å². The molecule has 1 amide bonds. The van der Waals surface area contributed by atoms with Crippen LogP contribution in [0.1, 0.15) is 24.6 Å². The van der Waals surface area contributed by atoms with Crippen molar-refractivity contribution in [1.82, 2.24) is 14.7 Å². The first kappa shape index (κ1) is 14.8. The second-order valence-electron chi connectivity index (χ2n) is 5.31. The van der Waals surface area contributed by atoms with Crippen LogP contribution in [0.5, 0.6) is 0 Å². The molecule has 0 spiro atoms. The van der Waals surface area contributed by atoms with E-state index in [9.17, 15) is 9.59 Å². The lowest BCUT2D eigenvalue weighted by molar-refractivity contribution is -0.137. The van der Waals surface area contributed by atoms with Crippen LogP contribution < -0.4 is 0 Å². The number of carboxylic acids is 1. The summed E-state index contributed by atoms with van der Waals surface area (Å²) < 4.78 is 1.80. The number of carbonyl (C=O) groups excluding carboxylic acids is 1. The number of hydrogen-bond donors (Lipinski definition) is 1. The molecular weight excluding hydrogens is 302 g/mol. The number of amides is 1. The first-order valence-electron chi connectivity index (χ1n) is 7.16. The Morgan fingerprint density at radius 2 is 2.27 bits per heavy atom. The number of rotatable bonds is 4. The molecule has 1 N–H and O–H groups in total. The maximum absolute atomic E-state index is 11.7. The molecule has 3 heterocycles. The third-order valence-electron chi connectivity index (χ3n) is 3.87. The maximum Gasteiger partial charge on any atom is 0.305 e. The van der Waals surface area contributed by atoms with Gasteiger partial charge in [0.15, 0.2) is 0 Å². The third kappa shape index (κ3) is 2.76. The molecule has 0 aromatic carbocycles. The fraction of sp³-hybridized carbons (Fsp3) is 0.400. The van der Waals surface area contributed by atoms with Crippen LogP contribution in [0.15, 0.2) is 17.5 Å². The van der Waals surface area contributed by atoms with E-state index in [1.165, 1.54) is 0 Å². The van der Waals surface area contributed by atoms with Gasteiger partial charge < -0.3 is 10.0 Å². The minimum absolute atomic E-state index is 0.0500. The smallest absolute Gasteiger partial charge is 0.305 e. The molecule has 1 aliphatic heterocycles. The van der Waals surface area contributed by atoms with Gasteiger partial charge in [-0.15, -0.1) is 11.3 Å². The summed E-state index contributed by atoms with van der Waals surface area (Å²) in [6, 6.07) is 3.97. The molecule has 6 nitrogen and oxygen atoms in total. The van der Waals surface area contributed by atoms with Gasteiger partial charge in [0.05, 0.1) is 17.8 Å². The fourth-order valence-electron chi connectivity index (χ4n) is 2.76. The van der Waals surface area contributed by atoms with Gasteiger partial charge in [-0.1, -0.05) is 6.07 Å². The molecule has 22 heavy (non-hydrogen) atoms. The molecule has 0 saturated carbocycles. The predicted molar refractivity (Wildman–Crippen MR) is 82.6 cm³/mol. The average molecular weight is 319 g/mol. The highest BCUT2D eigenvalue weighted by Gasteiger charge is 2.27. The molecule has 2 aromatic rings. The SMILES string of the molecule is CC(=O)N1CCc2c(c(-c3cccs3)nn2CCC(=O)O)C1. The number of carboxylic acid groups (broad SMARTS) is 1. The summed E-state index contributed by atoms with van der Waals surface area (Å²) in [4.78, 5) is 25.3. The Morgan fingerprint density at radius 1 is 1.45 bits per heavy atom. The predicted octanol–water partition coefficient (Wildman–Crippen LogP) is 1.99. The highest BCUT2D eigenvalue weighted by molar-refractivity contribution is 7.13. The summed E-state index contributed by atoms with van der Waals surface area (Å²) in [5.41, 5.74) is 2.98. The summed E-state index contributed by atoms with van der Waals surface area (Å²) in [5.74, 6) is -0.774. The normalized spacial score (nSPS) is 14.0. The number of nitrogens with zero attached hydrogens (tertiary/aromatic N) is 3. The van der Waals surface area contributed by atoms with E-state index in [4.69, 9.17) is 5.11 Å². The lowest BCUT2D eigenvalue weighted by Crippen LogP contribution is -2.34. The second-order valence-corrected chi connectivity index (χ2v) is 6.26. The van der Waals surface area contributed by atoms with Crippen molar-refractivity contribution in [1.29, 1.82) is 0 Å². The maximum atomic E-state index is 11.7. The van der Waals surface area contributed by atoms with Crippen LogP contribution in [0.4, 0.5) is 0 Å². The quantitative estimate of drug-likeness (QED) is 0.935. The van der Waals surface area contributed by atoms with Crippen molar-refractivity contribution < 1.29 is 14.7 Å². The van der Waals surface area contributed by atoms with Crippen LogP contribution in [0.2, 0.25) is 0 Å². The fourth-order valence-corrected chi connectivity index (χ4v) is 3.49. The highest BCUT2D eigenvalue weighted by atomic mass is 32.1. The Labute approximate surface area is 132 Å². The van der Waals surface area contributed by atoms with Crippen LogP contribution in [0.25, 0.3) is 10.6 Å². The zero-order chi connectivity index (χ0) is 15.7. The zero-order valence-corrected chi connectivity index (χ0v) is 13.1. The Balaban J connectivity index is 1.99. The van der Waals surface area contributed by atoms with Crippen LogP contribution in [0, 0.1) is 0 Å². The van der Waals surface area contributed by atoms with Crippen molar-refractivity contribution in [2.24, 2.45) is 0 Å². The van der Waals surface area contributed by atoms with Gasteiger partial charge in [0.25, 0.3) is 0 Å². The van der Waals surface area contributed by atoms with Gasteiger partial charge in [0.1, 0.15) is 5.69 Å². The Morgan fingerprint density at radius 3 is 2.91 bits per heavy atom. The van der Waals surface area contributed by atoms with E-state index in [-0.39, 0.29) is 12.3 Å². The Bertz CT molecular complexity index is 706. The summed E-state index contributed by atoms with van der Waals surface area (Å²) in [6.07, 6.45) is 0.765. The second kappa shape index (κ2) is 5.92. The molecule has 0 bridgehead atoms. The van der Waals surface area contributed by atoms with Crippen molar-refractivity contribution in [3.8, 4) is 10.6 Å². The molecule has 0 aliphatic carbocycles. The van der Waals surface area contributed by atoms with Gasteiger partial charge in [-0.2, -0.15) is 5.10 Å². The number of aliphatic carboxylic acids is 1. The summed E-state index contributed by atoms with van der Waals surface area (Å²) in [7, 11) is 0. The number of thiophene rings is 1. The van der Waals surface area contributed by atoms with E-state index in [0.29, 0.717) is 26.1 Å². The van der Waals surface area contributed by atoms with E-state index in [0.717, 1.165) is 21.8 Å². The van der Waals surface area contributed by atoms with Gasteiger partial charge in [-0.25, -0.2) is 0 Å². The highest BCUT2D eigenvalue weighted by Crippen LogP contribution is 2.32. The van der Waals surface area contributed by atoms with Gasteiger partial charge >= 0.3 is 5.97 Å². The molecule has 3 rings (SSSR count). The van der Waals surface area contributed by atoms with E-state index in [1.807, 2.05) is 22.4 Å². The summed E-state index contributed by atoms with van der Waals surface area (Å²) in [5, 5.41) is 15.5. The number of carbonyl (C=O) groups is 2. The molecule has 0 fully saturated rings. The molecule has 0 radical (unpaired) electrons. The standard InChI is InChI=1S/C15H17N3O3S/c1-10(19)17-6-4-12-11(9-17)15(13-3-2-8-22-13)16-18(12)7-5-14(20)21/h2-3,8H,4-7,9H2,1H3,(H,20,21). The molecular formula is C15H17N3O3S. The van der Waals surface area contributed by atoms with Crippen molar-refractivity contribution in [3.05, 3.63) is 28.8 Å². The van der Waals surface area contributed by atoms with Gasteiger partial charge in [0.2, 0.25) is 5.91 Å². The number of fused-ring (bicyclic) bond motifs is 1. The van der Waals surface area contributed by atoms with Crippen LogP contribution in [-0.2, 0) is 29.1 Å². The first-order chi connectivity index (χ1) is 10.6. The Hall–Kier alpha value is -2.15. The first-order valence-corrected chi connectivity index (χ1v) is 8.04. The van der Waals surface area contributed by atoms with Crippen LogP contribution in [0.3, 0.4) is 0 Å². The van der Waals surface area contributed by atoms with Crippen molar-refractivity contribution in [3.63, 3.8) is 0 Å². The van der Waals surface area contributed by atoms with Crippen molar-refractivity contribution >= 4 is 23.2 Å². The topological polar surface area (TPSA) is 75.4 Å². The minimum atomic E-state index is -0.830. The van der Waals surface area contributed by atoms with Gasteiger partial charge in [-0.05, 0) is 11.4 Å². The molecule has 2 aromatic heterocycles. The molecule has 1 aliphatic rings. The van der Waals surface area contributed by atoms with Gasteiger partial charge in [0, 0.05) is 37.7 Å². The largest absolute Gasteiger partial charge is 0.481 e. The van der Waals surface area contributed by atoms with Crippen LogP contribution >= 0.6 is 11.3 Å². The monoisotopic (exact) mass is 319 g/mol. The number of hydrogen-bond acceptors (Lipinski definition) is 4. The number of aryl methyl sites for hydroxylation is 1. The summed E-state index contributed by atoms with van der Waals surface area (Å²) in [6.45, 7) is 3.14. The minimum Gasteiger partial charge on any atom is -0.481 e. The third-order valence-corrected chi connectivity index (χ3v) is 4.75. The average Bonchev–Trinajstić information content (AvgIpc) is 3.11. The van der Waals surface area contributed by atoms with E-state index >= 15 is 0 Å². The lowest BCUT2D eigenvalue weighted by atomic mass is 10.0. The Kier molecular flexibility index (Phi) is 3.98. The van der Waals surface area contributed by atoms with E-state index in [1.54, 1.807) is 22.9 Å². The summed E-state index contributed by atoms with van der Waals surface area (Å²) >= 11 is 1.60. The lowest BCUT2D eigenvalue weighted by Gasteiger charge is -2.26. The van der Waals surface area contributed by atoms with E-state index < -0.39 is 5.97 Å². The van der Waals surface area contributed by atoms with Crippen LogP contribution in [-0.4, -0.2) is 38.2 Å². The molecule has 0 atom stereocenters. The zero-order valence-electron chi connectivity index (χ0n) is 12.3. The van der Waals surface area contributed by atoms with E-state index in [2.05, 4.69) is 5.10 Å². The molecule has 7 heteroatoms. The number of aromatic nitrogens is 2.